The molecule has 2 atom stereocenters. The van der Waals surface area contributed by atoms with Gasteiger partial charge in [-0.3, -0.25) is 9.59 Å². The second-order valence-electron chi connectivity index (χ2n) is 8.59. The zero-order valence-electron chi connectivity index (χ0n) is 17.7. The number of piperidine rings is 1. The Morgan fingerprint density at radius 2 is 1.87 bits per heavy atom. The minimum atomic E-state index is -3.71. The van der Waals surface area contributed by atoms with E-state index in [-0.39, 0.29) is 16.8 Å². The predicted octanol–water partition coefficient (Wildman–Crippen LogP) is 2.23. The Labute approximate surface area is 183 Å². The summed E-state index contributed by atoms with van der Waals surface area (Å²) in [5.74, 6) is -0.730. The maximum atomic E-state index is 12.8. The highest BCUT2D eigenvalue weighted by Crippen LogP contribution is 2.30. The molecule has 0 spiro atoms. The van der Waals surface area contributed by atoms with Crippen LogP contribution in [-0.2, 0) is 24.3 Å². The van der Waals surface area contributed by atoms with E-state index >= 15 is 0 Å². The van der Waals surface area contributed by atoms with Crippen LogP contribution < -0.4 is 5.32 Å². The molecule has 3 aliphatic rings. The van der Waals surface area contributed by atoms with Gasteiger partial charge in [0.05, 0.1) is 5.92 Å². The van der Waals surface area contributed by atoms with Gasteiger partial charge in [-0.2, -0.15) is 8.42 Å². The molecule has 1 aliphatic carbocycles. The summed E-state index contributed by atoms with van der Waals surface area (Å²) in [5.41, 5.74) is 0.566. The highest BCUT2D eigenvalue weighted by molar-refractivity contribution is 7.90. The SMILES string of the molecule is C[C@H](OC(=O)[C@@H]1CCCN(C2=NS(=O)(=O)c3ccccc32)C1)C(=O)NC1CCCCC1. The molecular weight excluding hydrogens is 418 g/mol. The molecule has 0 radical (unpaired) electrons. The number of sulfonamides is 1. The zero-order valence-corrected chi connectivity index (χ0v) is 18.6. The molecule has 2 aliphatic heterocycles. The molecule has 0 aromatic heterocycles. The number of likely N-dealkylation sites (tertiary alicyclic amines) is 1. The number of nitrogens with one attached hydrogen (secondary N) is 1. The maximum absolute atomic E-state index is 12.8. The van der Waals surface area contributed by atoms with E-state index < -0.39 is 28.0 Å². The van der Waals surface area contributed by atoms with E-state index in [0.29, 0.717) is 37.3 Å². The number of hydrogen-bond donors (Lipinski definition) is 1. The fourth-order valence-electron chi connectivity index (χ4n) is 4.57. The average molecular weight is 448 g/mol. The molecule has 1 saturated heterocycles. The van der Waals surface area contributed by atoms with Crippen LogP contribution in [0.25, 0.3) is 0 Å². The Morgan fingerprint density at radius 3 is 2.65 bits per heavy atom. The second kappa shape index (κ2) is 8.98. The first-order valence-corrected chi connectivity index (χ1v) is 12.5. The average Bonchev–Trinajstić information content (AvgIpc) is 3.05. The molecule has 8 nitrogen and oxygen atoms in total. The van der Waals surface area contributed by atoms with Gasteiger partial charge in [0, 0.05) is 24.7 Å². The summed E-state index contributed by atoms with van der Waals surface area (Å²) >= 11 is 0. The van der Waals surface area contributed by atoms with E-state index in [9.17, 15) is 18.0 Å². The van der Waals surface area contributed by atoms with Gasteiger partial charge in [-0.1, -0.05) is 31.4 Å². The molecule has 31 heavy (non-hydrogen) atoms. The molecule has 2 heterocycles. The molecule has 4 rings (SSSR count). The molecule has 168 valence electrons. The first-order valence-electron chi connectivity index (χ1n) is 11.1. The Morgan fingerprint density at radius 1 is 1.13 bits per heavy atom. The molecule has 1 amide bonds. The minimum Gasteiger partial charge on any atom is -0.452 e. The summed E-state index contributed by atoms with van der Waals surface area (Å²) in [7, 11) is -3.71. The number of ether oxygens (including phenoxy) is 1. The number of carbonyl (C=O) groups is 2. The van der Waals surface area contributed by atoms with Gasteiger partial charge in [0.2, 0.25) is 0 Å². The highest BCUT2D eigenvalue weighted by Gasteiger charge is 2.36. The zero-order chi connectivity index (χ0) is 22.0. The van der Waals surface area contributed by atoms with Crippen molar-refractivity contribution in [2.24, 2.45) is 10.3 Å². The number of nitrogens with zero attached hydrogens (tertiary/aromatic N) is 2. The smallest absolute Gasteiger partial charge is 0.311 e. The number of carbonyl (C=O) groups excluding carboxylic acids is 2. The fraction of sp³-hybridized carbons (Fsp3) is 0.591. The molecule has 9 heteroatoms. The van der Waals surface area contributed by atoms with Crippen molar-refractivity contribution < 1.29 is 22.7 Å². The molecule has 1 saturated carbocycles. The summed E-state index contributed by atoms with van der Waals surface area (Å²) in [5, 5.41) is 2.99. The number of benzene rings is 1. The van der Waals surface area contributed by atoms with Gasteiger partial charge in [-0.15, -0.1) is 4.40 Å². The van der Waals surface area contributed by atoms with Crippen LogP contribution in [0.5, 0.6) is 0 Å². The lowest BCUT2D eigenvalue weighted by atomic mass is 9.95. The van der Waals surface area contributed by atoms with Gasteiger partial charge >= 0.3 is 5.97 Å². The molecule has 1 aromatic carbocycles. The molecular formula is C22H29N3O5S. The molecule has 0 bridgehead atoms. The standard InChI is InChI=1S/C22H29N3O5S/c1-15(21(26)23-17-9-3-2-4-10-17)30-22(27)16-8-7-13-25(14-16)20-18-11-5-6-12-19(18)31(28,29)24-20/h5-6,11-12,15-17H,2-4,7-10,13-14H2,1H3,(H,23,26)/t15-,16+/m0/s1. The second-order valence-corrected chi connectivity index (χ2v) is 10.2. The van der Waals surface area contributed by atoms with Crippen LogP contribution in [0.4, 0.5) is 0 Å². The van der Waals surface area contributed by atoms with Crippen molar-refractivity contribution in [3.63, 3.8) is 0 Å². The van der Waals surface area contributed by atoms with Crippen LogP contribution in [0.15, 0.2) is 33.6 Å². The summed E-state index contributed by atoms with van der Waals surface area (Å²) in [6.45, 7) is 2.53. The maximum Gasteiger partial charge on any atom is 0.311 e. The lowest BCUT2D eigenvalue weighted by Gasteiger charge is -2.33. The van der Waals surface area contributed by atoms with E-state index in [1.165, 1.54) is 6.42 Å². The first-order chi connectivity index (χ1) is 14.8. The van der Waals surface area contributed by atoms with Crippen molar-refractivity contribution in [2.75, 3.05) is 13.1 Å². The summed E-state index contributed by atoms with van der Waals surface area (Å²) in [4.78, 5) is 27.2. The number of amides is 1. The van der Waals surface area contributed by atoms with Crippen molar-refractivity contribution in [1.29, 1.82) is 0 Å². The van der Waals surface area contributed by atoms with Gasteiger partial charge in [0.1, 0.15) is 4.90 Å². The number of esters is 1. The van der Waals surface area contributed by atoms with Crippen LogP contribution in [0.3, 0.4) is 0 Å². The third-order valence-electron chi connectivity index (χ3n) is 6.28. The number of fused-ring (bicyclic) bond motifs is 1. The molecule has 1 N–H and O–H groups in total. The monoisotopic (exact) mass is 447 g/mol. The Hall–Kier alpha value is -2.42. The third-order valence-corrected chi connectivity index (χ3v) is 7.61. The minimum absolute atomic E-state index is 0.162. The number of amidine groups is 1. The lowest BCUT2D eigenvalue weighted by molar-refractivity contribution is -0.160. The topological polar surface area (TPSA) is 105 Å². The largest absolute Gasteiger partial charge is 0.452 e. The molecule has 0 unspecified atom stereocenters. The third kappa shape index (κ3) is 4.76. The van der Waals surface area contributed by atoms with Gasteiger partial charge < -0.3 is 15.0 Å². The first kappa shape index (κ1) is 21.8. The van der Waals surface area contributed by atoms with E-state index in [4.69, 9.17) is 4.74 Å². The molecule has 1 aromatic rings. The van der Waals surface area contributed by atoms with Crippen molar-refractivity contribution in [1.82, 2.24) is 10.2 Å². The van der Waals surface area contributed by atoms with Gasteiger partial charge in [-0.05, 0) is 44.7 Å². The number of hydrogen-bond acceptors (Lipinski definition) is 6. The van der Waals surface area contributed by atoms with Crippen LogP contribution >= 0.6 is 0 Å². The van der Waals surface area contributed by atoms with Crippen molar-refractivity contribution in [3.8, 4) is 0 Å². The quantitative estimate of drug-likeness (QED) is 0.710. The van der Waals surface area contributed by atoms with Crippen molar-refractivity contribution in [3.05, 3.63) is 29.8 Å². The normalized spacial score (nSPS) is 24.1. The van der Waals surface area contributed by atoms with Crippen LogP contribution in [0, 0.1) is 5.92 Å². The fourth-order valence-corrected chi connectivity index (χ4v) is 5.80. The van der Waals surface area contributed by atoms with Gasteiger partial charge in [-0.25, -0.2) is 0 Å². The Bertz CT molecular complexity index is 985. The molecule has 2 fully saturated rings. The summed E-state index contributed by atoms with van der Waals surface area (Å²) in [6, 6.07) is 6.89. The lowest BCUT2D eigenvalue weighted by Crippen LogP contribution is -2.46. The van der Waals surface area contributed by atoms with E-state index in [2.05, 4.69) is 9.71 Å². The van der Waals surface area contributed by atoms with Crippen LogP contribution in [0.1, 0.15) is 57.4 Å². The van der Waals surface area contributed by atoms with E-state index in [1.54, 1.807) is 31.2 Å². The summed E-state index contributed by atoms with van der Waals surface area (Å²) < 4.78 is 34.1. The number of rotatable bonds is 4. The Balaban J connectivity index is 1.37. The van der Waals surface area contributed by atoms with Gasteiger partial charge in [0.25, 0.3) is 15.9 Å². The van der Waals surface area contributed by atoms with Gasteiger partial charge in [0.15, 0.2) is 11.9 Å². The summed E-state index contributed by atoms with van der Waals surface area (Å²) in [6.07, 6.45) is 5.85. The predicted molar refractivity (Wildman–Crippen MR) is 115 cm³/mol. The van der Waals surface area contributed by atoms with Crippen LogP contribution in [-0.4, -0.2) is 56.3 Å². The van der Waals surface area contributed by atoms with Crippen molar-refractivity contribution >= 4 is 27.7 Å². The van der Waals surface area contributed by atoms with E-state index in [1.807, 2.05) is 4.90 Å². The van der Waals surface area contributed by atoms with Crippen molar-refractivity contribution in [2.45, 2.75) is 68.9 Å². The Kier molecular flexibility index (Phi) is 6.31. The highest BCUT2D eigenvalue weighted by atomic mass is 32.2. The van der Waals surface area contributed by atoms with Crippen LogP contribution in [0.2, 0.25) is 0 Å². The van der Waals surface area contributed by atoms with E-state index in [0.717, 1.165) is 25.7 Å².